The van der Waals surface area contributed by atoms with Crippen molar-refractivity contribution >= 4 is 40.5 Å². The molecule has 0 saturated carbocycles. The molecule has 0 spiro atoms. The number of fused-ring (bicyclic) bond motifs is 1. The third-order valence-electron chi connectivity index (χ3n) is 3.31. The summed E-state index contributed by atoms with van der Waals surface area (Å²) in [5, 5.41) is 3.45. The predicted molar refractivity (Wildman–Crippen MR) is 99.6 cm³/mol. The zero-order chi connectivity index (χ0) is 16.8. The molecule has 1 amide bonds. The first kappa shape index (κ1) is 16.9. The van der Waals surface area contributed by atoms with Gasteiger partial charge in [-0.05, 0) is 31.2 Å². The minimum absolute atomic E-state index is 0.00763. The van der Waals surface area contributed by atoms with Crippen LogP contribution in [-0.2, 0) is 4.79 Å². The topological polar surface area (TPSA) is 55.1 Å². The van der Waals surface area contributed by atoms with Gasteiger partial charge < -0.3 is 9.73 Å². The molecule has 0 unspecified atom stereocenters. The summed E-state index contributed by atoms with van der Waals surface area (Å²) in [6, 6.07) is 16.0. The first-order valence-electron chi connectivity index (χ1n) is 7.65. The molecule has 2 aromatic carbocycles. The Kier molecular flexibility index (Phi) is 5.82. The van der Waals surface area contributed by atoms with Gasteiger partial charge in [0.2, 0.25) is 5.91 Å². The van der Waals surface area contributed by atoms with Gasteiger partial charge in [0.25, 0.3) is 5.22 Å². The van der Waals surface area contributed by atoms with Crippen LogP contribution < -0.4 is 5.32 Å². The van der Waals surface area contributed by atoms with Crippen molar-refractivity contribution in [3.8, 4) is 0 Å². The van der Waals surface area contributed by atoms with Crippen molar-refractivity contribution in [2.75, 3.05) is 18.1 Å². The highest BCUT2D eigenvalue weighted by atomic mass is 32.2. The Bertz CT molecular complexity index is 782. The van der Waals surface area contributed by atoms with Crippen LogP contribution in [0.2, 0.25) is 0 Å². The van der Waals surface area contributed by atoms with E-state index in [9.17, 15) is 4.79 Å². The molecule has 0 aliphatic heterocycles. The highest BCUT2D eigenvalue weighted by Gasteiger charge is 2.08. The third-order valence-corrected chi connectivity index (χ3v) is 5.16. The monoisotopic (exact) mass is 358 g/mol. The van der Waals surface area contributed by atoms with Crippen molar-refractivity contribution < 1.29 is 9.21 Å². The van der Waals surface area contributed by atoms with E-state index in [2.05, 4.69) is 41.5 Å². The minimum atomic E-state index is -0.00763. The first-order chi connectivity index (χ1) is 11.7. The van der Waals surface area contributed by atoms with Crippen molar-refractivity contribution in [2.24, 2.45) is 0 Å². The molecule has 3 rings (SSSR count). The average molecular weight is 358 g/mol. The second-order valence-corrected chi connectivity index (χ2v) is 7.34. The number of rotatable bonds is 7. The van der Waals surface area contributed by atoms with Gasteiger partial charge in [-0.25, -0.2) is 4.98 Å². The van der Waals surface area contributed by atoms with Crippen molar-refractivity contribution in [3.05, 3.63) is 54.1 Å². The summed E-state index contributed by atoms with van der Waals surface area (Å²) in [5.41, 5.74) is 2.81. The maximum Gasteiger partial charge on any atom is 0.257 e. The van der Waals surface area contributed by atoms with Gasteiger partial charge in [-0.15, -0.1) is 11.8 Å². The molecule has 4 nitrogen and oxygen atoms in total. The van der Waals surface area contributed by atoms with E-state index in [1.165, 1.54) is 22.2 Å². The predicted octanol–water partition coefficient (Wildman–Crippen LogP) is 4.14. The number of hydrogen-bond donors (Lipinski definition) is 1. The number of aromatic nitrogens is 1. The Morgan fingerprint density at radius 2 is 1.92 bits per heavy atom. The lowest BCUT2D eigenvalue weighted by Gasteiger charge is -2.04. The molecule has 0 bridgehead atoms. The van der Waals surface area contributed by atoms with Crippen LogP contribution in [0.4, 0.5) is 0 Å². The Morgan fingerprint density at radius 3 is 2.71 bits per heavy atom. The fraction of sp³-hybridized carbons (Fsp3) is 0.222. The lowest BCUT2D eigenvalue weighted by atomic mass is 10.2. The Labute approximate surface area is 149 Å². The Balaban J connectivity index is 1.37. The molecular weight excluding hydrogens is 340 g/mol. The lowest BCUT2D eigenvalue weighted by Crippen LogP contribution is -2.27. The largest absolute Gasteiger partial charge is 0.431 e. The van der Waals surface area contributed by atoms with Crippen LogP contribution in [0, 0.1) is 6.92 Å². The summed E-state index contributed by atoms with van der Waals surface area (Å²) >= 11 is 3.05. The number of hydrogen-bond acceptors (Lipinski definition) is 5. The number of carbonyl (C=O) groups is 1. The number of amides is 1. The van der Waals surface area contributed by atoms with Gasteiger partial charge in [0.1, 0.15) is 5.52 Å². The summed E-state index contributed by atoms with van der Waals surface area (Å²) in [6.07, 6.45) is 0. The zero-order valence-electron chi connectivity index (χ0n) is 13.3. The number of nitrogens with one attached hydrogen (secondary N) is 1. The molecule has 0 aliphatic rings. The van der Waals surface area contributed by atoms with Crippen molar-refractivity contribution in [2.45, 2.75) is 17.0 Å². The standard InChI is InChI=1S/C18H18N2O2S2/c1-13-6-8-14(9-7-13)23-11-10-19-17(21)12-24-18-20-15-4-2-3-5-16(15)22-18/h2-9H,10-12H2,1H3,(H,19,21). The Hall–Kier alpha value is -1.92. The summed E-state index contributed by atoms with van der Waals surface area (Å²) in [4.78, 5) is 17.4. The average Bonchev–Trinajstić information content (AvgIpc) is 3.01. The molecule has 6 heteroatoms. The fourth-order valence-corrected chi connectivity index (χ4v) is 3.52. The van der Waals surface area contributed by atoms with Gasteiger partial charge in [0.05, 0.1) is 5.75 Å². The van der Waals surface area contributed by atoms with Gasteiger partial charge in [0, 0.05) is 17.2 Å². The molecule has 0 aliphatic carbocycles. The molecule has 0 radical (unpaired) electrons. The fourth-order valence-electron chi connectivity index (χ4n) is 2.08. The van der Waals surface area contributed by atoms with E-state index in [1.54, 1.807) is 11.8 Å². The zero-order valence-corrected chi connectivity index (χ0v) is 15.0. The van der Waals surface area contributed by atoms with Crippen molar-refractivity contribution in [1.82, 2.24) is 10.3 Å². The van der Waals surface area contributed by atoms with Gasteiger partial charge in [-0.3, -0.25) is 4.79 Å². The van der Waals surface area contributed by atoms with Crippen LogP contribution in [0.15, 0.2) is 63.1 Å². The van der Waals surface area contributed by atoms with Crippen molar-refractivity contribution in [3.63, 3.8) is 0 Å². The van der Waals surface area contributed by atoms with Crippen molar-refractivity contribution in [1.29, 1.82) is 0 Å². The van der Waals surface area contributed by atoms with E-state index in [-0.39, 0.29) is 5.91 Å². The highest BCUT2D eigenvalue weighted by Crippen LogP contribution is 2.22. The molecule has 124 valence electrons. The SMILES string of the molecule is Cc1ccc(SCCNC(=O)CSc2nc3ccccc3o2)cc1. The second-order valence-electron chi connectivity index (χ2n) is 5.25. The molecule has 1 heterocycles. The minimum Gasteiger partial charge on any atom is -0.431 e. The molecule has 0 atom stereocenters. The van der Waals surface area contributed by atoms with Crippen LogP contribution in [0.3, 0.4) is 0 Å². The van der Waals surface area contributed by atoms with Crippen LogP contribution in [-0.4, -0.2) is 28.9 Å². The number of oxazole rings is 1. The van der Waals surface area contributed by atoms with Crippen LogP contribution in [0.1, 0.15) is 5.56 Å². The first-order valence-corrected chi connectivity index (χ1v) is 9.62. The highest BCUT2D eigenvalue weighted by molar-refractivity contribution is 7.99. The number of thioether (sulfide) groups is 2. The summed E-state index contributed by atoms with van der Waals surface area (Å²) in [6.45, 7) is 2.72. The van der Waals surface area contributed by atoms with Gasteiger partial charge in [0.15, 0.2) is 5.58 Å². The molecule has 1 aromatic heterocycles. The molecule has 1 N–H and O–H groups in total. The van der Waals surface area contributed by atoms with E-state index >= 15 is 0 Å². The van der Waals surface area contributed by atoms with Crippen LogP contribution in [0.25, 0.3) is 11.1 Å². The maximum atomic E-state index is 11.9. The number of carbonyl (C=O) groups excluding carboxylic acids is 1. The normalized spacial score (nSPS) is 10.9. The molecule has 3 aromatic rings. The quantitative estimate of drug-likeness (QED) is 0.508. The van der Waals surface area contributed by atoms with E-state index in [0.29, 0.717) is 17.5 Å². The van der Waals surface area contributed by atoms with E-state index < -0.39 is 0 Å². The van der Waals surface area contributed by atoms with E-state index in [4.69, 9.17) is 4.42 Å². The Morgan fingerprint density at radius 1 is 1.12 bits per heavy atom. The molecule has 0 fully saturated rings. The lowest BCUT2D eigenvalue weighted by molar-refractivity contribution is -0.118. The number of para-hydroxylation sites is 2. The van der Waals surface area contributed by atoms with E-state index in [0.717, 1.165) is 16.9 Å². The third kappa shape index (κ3) is 4.79. The van der Waals surface area contributed by atoms with Gasteiger partial charge >= 0.3 is 0 Å². The van der Waals surface area contributed by atoms with E-state index in [1.807, 2.05) is 24.3 Å². The number of benzene rings is 2. The molecule has 0 saturated heterocycles. The van der Waals surface area contributed by atoms with Gasteiger partial charge in [-0.1, -0.05) is 41.6 Å². The maximum absolute atomic E-state index is 11.9. The van der Waals surface area contributed by atoms with Gasteiger partial charge in [-0.2, -0.15) is 0 Å². The smallest absolute Gasteiger partial charge is 0.257 e. The summed E-state index contributed by atoms with van der Waals surface area (Å²) in [7, 11) is 0. The van der Waals surface area contributed by atoms with Crippen LogP contribution in [0.5, 0.6) is 0 Å². The number of nitrogens with zero attached hydrogens (tertiary/aromatic N) is 1. The number of aryl methyl sites for hydroxylation is 1. The second kappa shape index (κ2) is 8.26. The molecular formula is C18H18N2O2S2. The molecule has 24 heavy (non-hydrogen) atoms. The summed E-state index contributed by atoms with van der Waals surface area (Å²) < 4.78 is 5.58. The summed E-state index contributed by atoms with van der Waals surface area (Å²) in [5.74, 6) is 1.15. The van der Waals surface area contributed by atoms with Crippen LogP contribution >= 0.6 is 23.5 Å².